The Kier molecular flexibility index (Phi) is 5.35. The van der Waals surface area contributed by atoms with E-state index in [1.807, 2.05) is 6.07 Å². The molecule has 0 amide bonds. The summed E-state index contributed by atoms with van der Waals surface area (Å²) in [6, 6.07) is 5.22. The lowest BCUT2D eigenvalue weighted by molar-refractivity contribution is -0.606. The average Bonchev–Trinajstić information content (AvgIpc) is 2.25. The van der Waals surface area contributed by atoms with Crippen molar-refractivity contribution in [2.75, 3.05) is 26.2 Å². The van der Waals surface area contributed by atoms with Crippen LogP contribution in [0.4, 0.5) is 0 Å². The van der Waals surface area contributed by atoms with E-state index in [0.717, 1.165) is 17.8 Å². The van der Waals surface area contributed by atoms with Crippen LogP contribution in [0.2, 0.25) is 0 Å². The molecule has 0 unspecified atom stereocenters. The van der Waals surface area contributed by atoms with Crippen molar-refractivity contribution in [3.05, 3.63) is 35.3 Å². The van der Waals surface area contributed by atoms with E-state index in [1.165, 1.54) is 6.20 Å². The molecule has 1 aromatic heterocycles. The Morgan fingerprint density at radius 2 is 2.33 bits per heavy atom. The molecule has 0 aliphatic rings. The predicted molar refractivity (Wildman–Crippen MR) is 59.8 cm³/mol. The minimum atomic E-state index is 0.552. The Bertz CT molecular complexity index is 314. The summed E-state index contributed by atoms with van der Waals surface area (Å²) in [6.45, 7) is 2.85. The van der Waals surface area contributed by atoms with Crippen LogP contribution in [0.25, 0.3) is 0 Å². The molecule has 0 saturated heterocycles. The van der Waals surface area contributed by atoms with Gasteiger partial charge in [0.05, 0.1) is 12.8 Å². The first-order valence-electron chi connectivity index (χ1n) is 4.93. The largest absolute Gasteiger partial charge is 0.618 e. The fraction of sp³-hybridized carbons (Fsp3) is 0.400. The van der Waals surface area contributed by atoms with Crippen molar-refractivity contribution in [1.82, 2.24) is 5.32 Å². The number of nitrogens with one attached hydrogen (secondary N) is 1. The van der Waals surface area contributed by atoms with Crippen molar-refractivity contribution in [3.8, 4) is 0 Å². The lowest BCUT2D eigenvalue weighted by Gasteiger charge is -1.99. The van der Waals surface area contributed by atoms with Crippen molar-refractivity contribution >= 4 is 6.21 Å². The summed E-state index contributed by atoms with van der Waals surface area (Å²) in [5.41, 5.74) is 5.86. The molecule has 0 bridgehead atoms. The molecule has 1 aromatic rings. The van der Waals surface area contributed by atoms with Gasteiger partial charge in [0.25, 0.3) is 0 Å². The van der Waals surface area contributed by atoms with E-state index in [1.54, 1.807) is 18.3 Å². The first-order valence-corrected chi connectivity index (χ1v) is 4.93. The van der Waals surface area contributed by atoms with E-state index in [-0.39, 0.29) is 0 Å². The zero-order chi connectivity index (χ0) is 10.9. The standard InChI is InChI=1S/C10H16N4O/c11-4-5-12-6-7-13-9-10-3-1-2-8-14(10)15/h1-3,8-9,12H,4-7,11H2. The molecule has 3 N–H and O–H groups in total. The quantitative estimate of drug-likeness (QED) is 0.280. The number of hydrogen-bond donors (Lipinski definition) is 2. The molecule has 0 spiro atoms. The van der Waals surface area contributed by atoms with Crippen LogP contribution in [0.1, 0.15) is 5.69 Å². The van der Waals surface area contributed by atoms with E-state index < -0.39 is 0 Å². The Hall–Kier alpha value is -1.46. The summed E-state index contributed by atoms with van der Waals surface area (Å²) in [5, 5.41) is 14.3. The second-order valence-electron chi connectivity index (χ2n) is 3.03. The van der Waals surface area contributed by atoms with E-state index in [4.69, 9.17) is 5.73 Å². The smallest absolute Gasteiger partial charge is 0.234 e. The van der Waals surface area contributed by atoms with E-state index >= 15 is 0 Å². The molecule has 5 nitrogen and oxygen atoms in total. The Morgan fingerprint density at radius 3 is 3.07 bits per heavy atom. The highest BCUT2D eigenvalue weighted by molar-refractivity contribution is 5.74. The molecule has 1 rings (SSSR count). The van der Waals surface area contributed by atoms with Gasteiger partial charge in [-0.15, -0.1) is 0 Å². The monoisotopic (exact) mass is 208 g/mol. The molecule has 15 heavy (non-hydrogen) atoms. The number of hydrogen-bond acceptors (Lipinski definition) is 4. The van der Waals surface area contributed by atoms with Gasteiger partial charge in [0, 0.05) is 31.8 Å². The third-order valence-corrected chi connectivity index (χ3v) is 1.82. The zero-order valence-corrected chi connectivity index (χ0v) is 8.60. The van der Waals surface area contributed by atoms with Crippen molar-refractivity contribution < 1.29 is 4.73 Å². The van der Waals surface area contributed by atoms with Crippen molar-refractivity contribution in [3.63, 3.8) is 0 Å². The third-order valence-electron chi connectivity index (χ3n) is 1.82. The van der Waals surface area contributed by atoms with Crippen LogP contribution in [0.5, 0.6) is 0 Å². The third kappa shape index (κ3) is 4.53. The Balaban J connectivity index is 2.29. The second-order valence-corrected chi connectivity index (χ2v) is 3.03. The molecule has 0 aromatic carbocycles. The van der Waals surface area contributed by atoms with Crippen LogP contribution in [0.15, 0.2) is 29.4 Å². The molecule has 1 heterocycles. The molecule has 0 radical (unpaired) electrons. The van der Waals surface area contributed by atoms with Gasteiger partial charge >= 0.3 is 0 Å². The van der Waals surface area contributed by atoms with E-state index in [2.05, 4.69) is 10.3 Å². The fourth-order valence-electron chi connectivity index (χ4n) is 1.07. The number of nitrogens with two attached hydrogens (primary N) is 1. The van der Waals surface area contributed by atoms with Crippen LogP contribution in [-0.2, 0) is 0 Å². The van der Waals surface area contributed by atoms with Crippen molar-refractivity contribution in [1.29, 1.82) is 0 Å². The molecule has 5 heteroatoms. The number of pyridine rings is 1. The number of aliphatic imine (C=N–C) groups is 1. The summed E-state index contributed by atoms with van der Waals surface area (Å²) in [7, 11) is 0. The summed E-state index contributed by atoms with van der Waals surface area (Å²) in [4.78, 5) is 4.13. The maximum atomic E-state index is 11.2. The van der Waals surface area contributed by atoms with Gasteiger partial charge < -0.3 is 16.3 Å². The average molecular weight is 208 g/mol. The van der Waals surface area contributed by atoms with Gasteiger partial charge in [-0.05, 0) is 6.07 Å². The van der Waals surface area contributed by atoms with Crippen LogP contribution in [0.3, 0.4) is 0 Å². The van der Waals surface area contributed by atoms with Crippen LogP contribution < -0.4 is 15.8 Å². The molecule has 0 atom stereocenters. The summed E-state index contributed by atoms with van der Waals surface area (Å²) in [6.07, 6.45) is 3.03. The highest BCUT2D eigenvalue weighted by Gasteiger charge is 1.96. The van der Waals surface area contributed by atoms with Gasteiger partial charge in [-0.25, -0.2) is 0 Å². The van der Waals surface area contributed by atoms with E-state index in [9.17, 15) is 5.21 Å². The van der Waals surface area contributed by atoms with Gasteiger partial charge in [0.1, 0.15) is 0 Å². The predicted octanol–water partition coefficient (Wildman–Crippen LogP) is -0.713. The molecular formula is C10H16N4O. The minimum absolute atomic E-state index is 0.552. The Morgan fingerprint density at radius 1 is 1.47 bits per heavy atom. The first-order chi connectivity index (χ1) is 7.34. The SMILES string of the molecule is NCCNCCN=Cc1cccc[n+]1[O-]. The van der Waals surface area contributed by atoms with Gasteiger partial charge in [-0.1, -0.05) is 0 Å². The minimum Gasteiger partial charge on any atom is -0.618 e. The lowest BCUT2D eigenvalue weighted by Crippen LogP contribution is -2.30. The fourth-order valence-corrected chi connectivity index (χ4v) is 1.07. The zero-order valence-electron chi connectivity index (χ0n) is 8.60. The molecule has 0 fully saturated rings. The van der Waals surface area contributed by atoms with Crippen molar-refractivity contribution in [2.45, 2.75) is 0 Å². The topological polar surface area (TPSA) is 77.3 Å². The van der Waals surface area contributed by atoms with Gasteiger partial charge in [0.2, 0.25) is 5.69 Å². The van der Waals surface area contributed by atoms with Gasteiger partial charge in [0.15, 0.2) is 6.20 Å². The number of nitrogens with zero attached hydrogens (tertiary/aromatic N) is 2. The number of aromatic nitrogens is 1. The first kappa shape index (κ1) is 11.6. The highest BCUT2D eigenvalue weighted by Crippen LogP contribution is 1.85. The normalized spacial score (nSPS) is 11.0. The van der Waals surface area contributed by atoms with Gasteiger partial charge in [-0.2, -0.15) is 4.73 Å². The maximum absolute atomic E-state index is 11.2. The summed E-state index contributed by atoms with van der Waals surface area (Å²) < 4.78 is 0.789. The second kappa shape index (κ2) is 6.92. The van der Waals surface area contributed by atoms with Crippen LogP contribution in [0, 0.1) is 5.21 Å². The van der Waals surface area contributed by atoms with Crippen LogP contribution in [-0.4, -0.2) is 32.4 Å². The molecule has 82 valence electrons. The molecule has 0 aliphatic heterocycles. The summed E-state index contributed by atoms with van der Waals surface area (Å²) >= 11 is 0. The summed E-state index contributed by atoms with van der Waals surface area (Å²) in [5.74, 6) is 0. The molecule has 0 aliphatic carbocycles. The Labute approximate surface area is 89.2 Å². The highest BCUT2D eigenvalue weighted by atomic mass is 16.5. The maximum Gasteiger partial charge on any atom is 0.234 e. The van der Waals surface area contributed by atoms with Gasteiger partial charge in [-0.3, -0.25) is 4.99 Å². The van der Waals surface area contributed by atoms with E-state index in [0.29, 0.717) is 18.8 Å². The van der Waals surface area contributed by atoms with Crippen LogP contribution >= 0.6 is 0 Å². The molecular weight excluding hydrogens is 192 g/mol. The molecule has 0 saturated carbocycles. The number of rotatable bonds is 6. The van der Waals surface area contributed by atoms with Crippen molar-refractivity contribution in [2.24, 2.45) is 10.7 Å². The lowest BCUT2D eigenvalue weighted by atomic mass is 10.4.